The van der Waals surface area contributed by atoms with Crippen LogP contribution < -0.4 is 5.06 Å². The van der Waals surface area contributed by atoms with Crippen molar-refractivity contribution in [3.63, 3.8) is 0 Å². The van der Waals surface area contributed by atoms with Gasteiger partial charge in [-0.1, -0.05) is 29.8 Å². The molecule has 0 saturated carbocycles. The van der Waals surface area contributed by atoms with Crippen molar-refractivity contribution in [3.8, 4) is 0 Å². The Morgan fingerprint density at radius 3 is 2.88 bits per heavy atom. The first-order valence-corrected chi connectivity index (χ1v) is 9.29. The maximum Gasteiger partial charge on any atom is 0.102 e. The van der Waals surface area contributed by atoms with Gasteiger partial charge in [0.1, 0.15) is 5.03 Å². The zero-order valence-corrected chi connectivity index (χ0v) is 14.3. The number of aromatic nitrogens is 1. The van der Waals surface area contributed by atoms with Gasteiger partial charge in [-0.2, -0.15) is 0 Å². The molecule has 0 aliphatic carbocycles. The fraction of sp³-hybridized carbons (Fsp3) is 0.250. The number of hydrogen-bond donors (Lipinski definition) is 0. The van der Waals surface area contributed by atoms with Crippen molar-refractivity contribution in [2.24, 2.45) is 5.92 Å². The molecule has 3 nitrogen and oxygen atoms in total. The van der Waals surface area contributed by atoms with Crippen LogP contribution >= 0.6 is 11.8 Å². The molecule has 2 aliphatic heterocycles. The average molecular weight is 334 g/mol. The molecule has 4 heteroatoms. The quantitative estimate of drug-likeness (QED) is 0.641. The van der Waals surface area contributed by atoms with Gasteiger partial charge >= 0.3 is 0 Å². The smallest absolute Gasteiger partial charge is 0.102 e. The second kappa shape index (κ2) is 5.50. The predicted molar refractivity (Wildman–Crippen MR) is 98.3 cm³/mol. The number of aryl methyl sites for hydroxylation is 1. The Balaban J connectivity index is 1.66. The molecule has 120 valence electrons. The summed E-state index contributed by atoms with van der Waals surface area (Å²) in [4.78, 5) is 11.0. The third kappa shape index (κ3) is 2.21. The highest BCUT2D eigenvalue weighted by Crippen LogP contribution is 2.48. The molecule has 5 rings (SSSR count). The molecule has 1 saturated heterocycles. The lowest BCUT2D eigenvalue weighted by molar-refractivity contribution is 0.154. The van der Waals surface area contributed by atoms with Crippen LogP contribution in [-0.2, 0) is 4.84 Å². The van der Waals surface area contributed by atoms with E-state index in [0.29, 0.717) is 5.92 Å². The minimum Gasteiger partial charge on any atom is -0.272 e. The van der Waals surface area contributed by atoms with E-state index in [1.54, 1.807) is 0 Å². The van der Waals surface area contributed by atoms with Crippen molar-refractivity contribution < 1.29 is 4.84 Å². The normalized spacial score (nSPS) is 22.5. The van der Waals surface area contributed by atoms with Crippen LogP contribution in [0.5, 0.6) is 0 Å². The van der Waals surface area contributed by atoms with Gasteiger partial charge < -0.3 is 0 Å². The number of pyridine rings is 1. The molecule has 0 spiro atoms. The Bertz CT molecular complexity index is 912. The molecule has 2 aliphatic rings. The van der Waals surface area contributed by atoms with Gasteiger partial charge in [0.15, 0.2) is 0 Å². The van der Waals surface area contributed by atoms with Gasteiger partial charge in [-0.15, -0.1) is 11.8 Å². The predicted octanol–water partition coefficient (Wildman–Crippen LogP) is 4.76. The van der Waals surface area contributed by atoms with E-state index in [1.807, 2.05) is 17.8 Å². The summed E-state index contributed by atoms with van der Waals surface area (Å²) in [6.07, 6.45) is 0. The molecular weight excluding hydrogens is 316 g/mol. The molecule has 0 bridgehead atoms. The Morgan fingerprint density at radius 2 is 2.00 bits per heavy atom. The molecule has 1 fully saturated rings. The minimum atomic E-state index is 0.251. The van der Waals surface area contributed by atoms with Gasteiger partial charge in [-0.05, 0) is 37.3 Å². The van der Waals surface area contributed by atoms with Gasteiger partial charge in [-0.25, -0.2) is 10.0 Å². The van der Waals surface area contributed by atoms with Crippen LogP contribution in [0.15, 0.2) is 59.6 Å². The summed E-state index contributed by atoms with van der Waals surface area (Å²) in [5, 5.41) is 4.46. The third-order valence-corrected chi connectivity index (χ3v) is 6.05. The van der Waals surface area contributed by atoms with Gasteiger partial charge in [0.25, 0.3) is 0 Å². The summed E-state index contributed by atoms with van der Waals surface area (Å²) < 4.78 is 0. The molecule has 3 heterocycles. The van der Waals surface area contributed by atoms with Crippen molar-refractivity contribution in [1.29, 1.82) is 0 Å². The van der Waals surface area contributed by atoms with Gasteiger partial charge in [0.2, 0.25) is 0 Å². The van der Waals surface area contributed by atoms with Gasteiger partial charge in [-0.3, -0.25) is 4.84 Å². The number of thioether (sulfide) groups is 1. The van der Waals surface area contributed by atoms with Crippen LogP contribution in [-0.4, -0.2) is 17.3 Å². The number of benzene rings is 2. The number of fused-ring (bicyclic) bond motifs is 4. The van der Waals surface area contributed by atoms with Crippen LogP contribution in [0.2, 0.25) is 0 Å². The number of para-hydroxylation sites is 1. The van der Waals surface area contributed by atoms with Gasteiger partial charge in [0, 0.05) is 22.6 Å². The van der Waals surface area contributed by atoms with Crippen LogP contribution in [0.4, 0.5) is 5.69 Å². The Kier molecular flexibility index (Phi) is 3.28. The Morgan fingerprint density at radius 1 is 1.12 bits per heavy atom. The topological polar surface area (TPSA) is 25.4 Å². The maximum absolute atomic E-state index is 6.07. The summed E-state index contributed by atoms with van der Waals surface area (Å²) >= 11 is 1.86. The molecule has 1 aromatic heterocycles. The van der Waals surface area contributed by atoms with Crippen molar-refractivity contribution in [2.45, 2.75) is 18.0 Å². The van der Waals surface area contributed by atoms with Gasteiger partial charge in [0.05, 0.1) is 23.9 Å². The molecule has 2 atom stereocenters. The fourth-order valence-electron chi connectivity index (χ4n) is 3.68. The summed E-state index contributed by atoms with van der Waals surface area (Å²) in [6, 6.07) is 19.4. The lowest BCUT2D eigenvalue weighted by atomic mass is 9.94. The van der Waals surface area contributed by atoms with E-state index in [4.69, 9.17) is 9.82 Å². The summed E-state index contributed by atoms with van der Waals surface area (Å²) in [5.74, 6) is 1.57. The standard InChI is InChI=1S/C20H18N2OS/c1-13-7-8-18-14(9-13)10-17-19-15(12-24-20(17)21-18)11-23-22(19)16-5-3-2-4-6-16/h2-10,15,19H,11-12H2,1H3. The average Bonchev–Trinajstić information content (AvgIpc) is 3.05. The van der Waals surface area contributed by atoms with Crippen LogP contribution in [0, 0.1) is 12.8 Å². The Hall–Kier alpha value is -2.04. The molecule has 3 aromatic rings. The first-order valence-electron chi connectivity index (χ1n) is 8.31. The van der Waals surface area contributed by atoms with Crippen LogP contribution in [0.25, 0.3) is 10.9 Å². The van der Waals surface area contributed by atoms with E-state index in [0.717, 1.165) is 28.6 Å². The van der Waals surface area contributed by atoms with E-state index in [2.05, 4.69) is 60.5 Å². The van der Waals surface area contributed by atoms with Crippen LogP contribution in [0.1, 0.15) is 17.2 Å². The molecule has 24 heavy (non-hydrogen) atoms. The lowest BCUT2D eigenvalue weighted by Crippen LogP contribution is -2.28. The van der Waals surface area contributed by atoms with E-state index < -0.39 is 0 Å². The largest absolute Gasteiger partial charge is 0.272 e. The summed E-state index contributed by atoms with van der Waals surface area (Å²) in [6.45, 7) is 2.91. The second-order valence-corrected chi connectivity index (χ2v) is 7.56. The molecule has 0 N–H and O–H groups in total. The number of anilines is 1. The van der Waals surface area contributed by atoms with E-state index >= 15 is 0 Å². The van der Waals surface area contributed by atoms with E-state index in [1.165, 1.54) is 16.5 Å². The second-order valence-electron chi connectivity index (χ2n) is 6.55. The van der Waals surface area contributed by atoms with E-state index in [9.17, 15) is 0 Å². The van der Waals surface area contributed by atoms with Crippen LogP contribution in [0.3, 0.4) is 0 Å². The summed E-state index contributed by atoms with van der Waals surface area (Å²) in [5.41, 5.74) is 4.77. The van der Waals surface area contributed by atoms with Crippen molar-refractivity contribution in [2.75, 3.05) is 17.4 Å². The number of nitrogens with zero attached hydrogens (tertiary/aromatic N) is 2. The Labute approximate surface area is 145 Å². The maximum atomic E-state index is 6.07. The van der Waals surface area contributed by atoms with Crippen molar-refractivity contribution in [3.05, 3.63) is 65.7 Å². The third-order valence-electron chi connectivity index (χ3n) is 4.85. The van der Waals surface area contributed by atoms with Crippen molar-refractivity contribution >= 4 is 28.4 Å². The minimum absolute atomic E-state index is 0.251. The highest BCUT2D eigenvalue weighted by molar-refractivity contribution is 7.99. The molecule has 0 radical (unpaired) electrons. The highest BCUT2D eigenvalue weighted by atomic mass is 32.2. The number of hydrogen-bond acceptors (Lipinski definition) is 4. The number of rotatable bonds is 1. The van der Waals surface area contributed by atoms with E-state index in [-0.39, 0.29) is 6.04 Å². The first-order chi connectivity index (χ1) is 11.8. The molecule has 0 amide bonds. The fourth-order valence-corrected chi connectivity index (χ4v) is 4.84. The zero-order chi connectivity index (χ0) is 16.1. The summed E-state index contributed by atoms with van der Waals surface area (Å²) in [7, 11) is 0. The lowest BCUT2D eigenvalue weighted by Gasteiger charge is -2.31. The molecule has 2 aromatic carbocycles. The van der Waals surface area contributed by atoms with Crippen molar-refractivity contribution in [1.82, 2.24) is 4.98 Å². The number of hydroxylamine groups is 1. The highest BCUT2D eigenvalue weighted by Gasteiger charge is 2.41. The molecular formula is C20H18N2OS. The SMILES string of the molecule is Cc1ccc2nc3c(cc2c1)C1C(CON1c1ccccc1)CS3. The molecule has 2 unspecified atom stereocenters. The monoisotopic (exact) mass is 334 g/mol. The first kappa shape index (κ1) is 14.3. The zero-order valence-electron chi connectivity index (χ0n) is 13.5.